The van der Waals surface area contributed by atoms with Crippen LogP contribution in [0.1, 0.15) is 34.6 Å². The van der Waals surface area contributed by atoms with Gasteiger partial charge < -0.3 is 9.47 Å². The largest absolute Gasteiger partial charge is 0.457 e. The molecule has 0 bridgehead atoms. The van der Waals surface area contributed by atoms with Gasteiger partial charge in [-0.2, -0.15) is 0 Å². The Morgan fingerprint density at radius 3 is 2.06 bits per heavy atom. The maximum atomic E-state index is 14.1. The van der Waals surface area contributed by atoms with Crippen molar-refractivity contribution in [1.82, 2.24) is 0 Å². The van der Waals surface area contributed by atoms with E-state index in [9.17, 15) is 9.18 Å². The molecule has 0 spiro atoms. The van der Waals surface area contributed by atoms with Gasteiger partial charge in [0.1, 0.15) is 6.10 Å². The lowest BCUT2D eigenvalue weighted by atomic mass is 9.96. The second-order valence-corrected chi connectivity index (χ2v) is 5.07. The van der Waals surface area contributed by atoms with Crippen molar-refractivity contribution >= 4 is 5.97 Å². The first kappa shape index (κ1) is 13.4. The van der Waals surface area contributed by atoms with E-state index in [0.29, 0.717) is 0 Å². The van der Waals surface area contributed by atoms with Gasteiger partial charge >= 0.3 is 5.97 Å². The molecule has 1 aliphatic rings. The van der Waals surface area contributed by atoms with Crippen LogP contribution in [0.4, 0.5) is 4.39 Å². The van der Waals surface area contributed by atoms with Gasteiger partial charge in [0.15, 0.2) is 12.3 Å². The van der Waals surface area contributed by atoms with Crippen LogP contribution in [0.15, 0.2) is 0 Å². The molecule has 1 heterocycles. The van der Waals surface area contributed by atoms with E-state index >= 15 is 0 Å². The van der Waals surface area contributed by atoms with Crippen molar-refractivity contribution in [2.24, 2.45) is 11.8 Å². The molecule has 0 aliphatic carbocycles. The molecule has 0 aromatic rings. The van der Waals surface area contributed by atoms with E-state index in [1.165, 1.54) is 6.92 Å². The average molecular weight is 232 g/mol. The van der Waals surface area contributed by atoms with Crippen molar-refractivity contribution in [3.63, 3.8) is 0 Å². The van der Waals surface area contributed by atoms with E-state index in [2.05, 4.69) is 0 Å². The molecule has 0 aromatic heterocycles. The number of esters is 1. The summed E-state index contributed by atoms with van der Waals surface area (Å²) < 4.78 is 24.8. The van der Waals surface area contributed by atoms with E-state index < -0.39 is 24.3 Å². The van der Waals surface area contributed by atoms with Gasteiger partial charge in [-0.25, -0.2) is 4.39 Å². The number of halogens is 1. The maximum absolute atomic E-state index is 14.1. The lowest BCUT2D eigenvalue weighted by molar-refractivity contribution is -0.152. The average Bonchev–Trinajstić information content (AvgIpc) is 2.43. The maximum Gasteiger partial charge on any atom is 0.303 e. The monoisotopic (exact) mass is 232 g/mol. The van der Waals surface area contributed by atoms with Gasteiger partial charge in [-0.3, -0.25) is 4.79 Å². The van der Waals surface area contributed by atoms with Crippen LogP contribution >= 0.6 is 0 Å². The van der Waals surface area contributed by atoms with Crippen LogP contribution in [-0.4, -0.2) is 30.5 Å². The van der Waals surface area contributed by atoms with Crippen LogP contribution in [0.25, 0.3) is 0 Å². The zero-order valence-corrected chi connectivity index (χ0v) is 10.6. The van der Waals surface area contributed by atoms with Crippen LogP contribution in [-0.2, 0) is 14.3 Å². The second kappa shape index (κ2) is 5.13. The van der Waals surface area contributed by atoms with Gasteiger partial charge in [0.05, 0.1) is 6.10 Å². The lowest BCUT2D eigenvalue weighted by Gasteiger charge is -2.21. The first-order valence-electron chi connectivity index (χ1n) is 5.81. The van der Waals surface area contributed by atoms with Crippen molar-refractivity contribution in [1.29, 1.82) is 0 Å². The van der Waals surface area contributed by atoms with E-state index in [-0.39, 0.29) is 17.9 Å². The number of hydrogen-bond acceptors (Lipinski definition) is 3. The third-order valence-corrected chi connectivity index (χ3v) is 2.88. The van der Waals surface area contributed by atoms with Crippen molar-refractivity contribution in [3.05, 3.63) is 0 Å². The summed E-state index contributed by atoms with van der Waals surface area (Å²) in [7, 11) is 0. The van der Waals surface area contributed by atoms with Crippen LogP contribution in [0, 0.1) is 11.8 Å². The molecule has 0 saturated carbocycles. The first-order chi connectivity index (χ1) is 7.34. The Bertz CT molecular complexity index is 253. The van der Waals surface area contributed by atoms with Crippen LogP contribution in [0.3, 0.4) is 0 Å². The quantitative estimate of drug-likeness (QED) is 0.701. The van der Waals surface area contributed by atoms with Gasteiger partial charge in [-0.15, -0.1) is 0 Å². The molecule has 0 unspecified atom stereocenters. The highest BCUT2D eigenvalue weighted by Crippen LogP contribution is 2.34. The molecule has 1 saturated heterocycles. The normalized spacial score (nSPS) is 34.8. The van der Waals surface area contributed by atoms with Gasteiger partial charge in [-0.05, 0) is 11.8 Å². The molecule has 1 rings (SSSR count). The lowest BCUT2D eigenvalue weighted by Crippen LogP contribution is -2.36. The molecule has 0 amide bonds. The number of hydrogen-bond donors (Lipinski definition) is 0. The SMILES string of the molecule is CC(=O)O[C@H]1[C@H](F)[C@@H](C(C)C)O[C@H]1C(C)C. The summed E-state index contributed by atoms with van der Waals surface area (Å²) in [5, 5.41) is 0. The zero-order chi connectivity index (χ0) is 12.5. The molecule has 0 radical (unpaired) electrons. The predicted octanol–water partition coefficient (Wildman–Crippen LogP) is 2.34. The number of carbonyl (C=O) groups excluding carboxylic acids is 1. The van der Waals surface area contributed by atoms with Gasteiger partial charge in [0, 0.05) is 6.92 Å². The predicted molar refractivity (Wildman–Crippen MR) is 58.8 cm³/mol. The molecule has 0 N–H and O–H groups in total. The Morgan fingerprint density at radius 2 is 1.69 bits per heavy atom. The van der Waals surface area contributed by atoms with Crippen LogP contribution < -0.4 is 0 Å². The molecular formula is C12H21FO3. The fourth-order valence-corrected chi connectivity index (χ4v) is 2.09. The summed E-state index contributed by atoms with van der Waals surface area (Å²) in [5.41, 5.74) is 0. The van der Waals surface area contributed by atoms with E-state index in [1.807, 2.05) is 27.7 Å². The van der Waals surface area contributed by atoms with E-state index in [0.717, 1.165) is 0 Å². The van der Waals surface area contributed by atoms with E-state index in [1.54, 1.807) is 0 Å². The molecule has 0 aromatic carbocycles. The molecule has 4 atom stereocenters. The Labute approximate surface area is 96.3 Å². The number of ether oxygens (including phenoxy) is 2. The minimum atomic E-state index is -1.23. The third kappa shape index (κ3) is 2.73. The van der Waals surface area contributed by atoms with Crippen molar-refractivity contribution < 1.29 is 18.7 Å². The standard InChI is InChI=1S/C12H21FO3/c1-6(2)10-9(13)12(15-8(5)14)11(16-10)7(3)4/h6-7,9-12H,1-5H3/t9-,10-,11+,12+/m1/s1. The second-order valence-electron chi connectivity index (χ2n) is 5.07. The van der Waals surface area contributed by atoms with Gasteiger partial charge in [0.25, 0.3) is 0 Å². The highest BCUT2D eigenvalue weighted by molar-refractivity contribution is 5.66. The third-order valence-electron chi connectivity index (χ3n) is 2.88. The molecule has 1 aliphatic heterocycles. The molecule has 4 heteroatoms. The molecule has 3 nitrogen and oxygen atoms in total. The summed E-state index contributed by atoms with van der Waals surface area (Å²) in [6.45, 7) is 9.00. The first-order valence-corrected chi connectivity index (χ1v) is 5.81. The molecule has 16 heavy (non-hydrogen) atoms. The summed E-state index contributed by atoms with van der Waals surface area (Å²) in [6, 6.07) is 0. The highest BCUT2D eigenvalue weighted by atomic mass is 19.1. The molecular weight excluding hydrogens is 211 g/mol. The fourth-order valence-electron chi connectivity index (χ4n) is 2.09. The smallest absolute Gasteiger partial charge is 0.303 e. The van der Waals surface area contributed by atoms with Crippen LogP contribution in [0.2, 0.25) is 0 Å². The van der Waals surface area contributed by atoms with E-state index in [4.69, 9.17) is 9.47 Å². The van der Waals surface area contributed by atoms with Gasteiger partial charge in [-0.1, -0.05) is 27.7 Å². The summed E-state index contributed by atoms with van der Waals surface area (Å²) in [5.74, 6) is -0.241. The summed E-state index contributed by atoms with van der Waals surface area (Å²) >= 11 is 0. The minimum Gasteiger partial charge on any atom is -0.457 e. The summed E-state index contributed by atoms with van der Waals surface area (Å²) in [4.78, 5) is 10.9. The number of alkyl halides is 1. The zero-order valence-electron chi connectivity index (χ0n) is 10.6. The number of carbonyl (C=O) groups is 1. The highest BCUT2D eigenvalue weighted by Gasteiger charge is 2.49. The van der Waals surface area contributed by atoms with Crippen molar-refractivity contribution in [3.8, 4) is 0 Å². The Hall–Kier alpha value is -0.640. The minimum absolute atomic E-state index is 0.0804. The Balaban J connectivity index is 2.80. The molecule has 1 fully saturated rings. The Morgan fingerprint density at radius 1 is 1.19 bits per heavy atom. The van der Waals surface area contributed by atoms with Crippen LogP contribution in [0.5, 0.6) is 0 Å². The molecule has 94 valence electrons. The Kier molecular flexibility index (Phi) is 4.30. The number of rotatable bonds is 3. The topological polar surface area (TPSA) is 35.5 Å². The summed E-state index contributed by atoms with van der Waals surface area (Å²) in [6.07, 6.45) is -2.80. The van der Waals surface area contributed by atoms with Crippen molar-refractivity contribution in [2.45, 2.75) is 59.1 Å². The van der Waals surface area contributed by atoms with Crippen molar-refractivity contribution in [2.75, 3.05) is 0 Å². The van der Waals surface area contributed by atoms with Gasteiger partial charge in [0.2, 0.25) is 0 Å². The fraction of sp³-hybridized carbons (Fsp3) is 0.917.